The Hall–Kier alpha value is -8.13. The molecule has 0 spiro atoms. The third-order valence-corrected chi connectivity index (χ3v) is 13.6. The van der Waals surface area contributed by atoms with E-state index in [1.54, 1.807) is 11.3 Å². The standard InChI is InChI=1S/C55H30N4O2S/c1-2-14-32-28-42-40(27-31(32)13-1)34-15-3-7-21-41(34)59(42)43-29-33(30-47-52(43)36-17-5-9-23-45(36)61-47)53-56-54(38-19-11-24-46-50(38)35-16-4-8-22-44(35)60-46)58-55(57-53)39-20-12-26-49-51(39)37-18-6-10-25-48(37)62-49/h1-30H. The second kappa shape index (κ2) is 12.7. The molecule has 9 aromatic carbocycles. The Morgan fingerprint density at radius 3 is 1.76 bits per heavy atom. The van der Waals surface area contributed by atoms with Crippen molar-refractivity contribution in [3.05, 3.63) is 182 Å². The summed E-state index contributed by atoms with van der Waals surface area (Å²) in [5.41, 5.74) is 9.01. The van der Waals surface area contributed by atoms with Gasteiger partial charge in [-0.1, -0.05) is 121 Å². The van der Waals surface area contributed by atoms with Gasteiger partial charge in [0.05, 0.1) is 22.1 Å². The van der Waals surface area contributed by atoms with E-state index < -0.39 is 0 Å². The number of para-hydroxylation sites is 3. The first-order chi connectivity index (χ1) is 30.7. The Morgan fingerprint density at radius 2 is 0.952 bits per heavy atom. The Kier molecular flexibility index (Phi) is 6.89. The minimum atomic E-state index is 0.543. The highest BCUT2D eigenvalue weighted by Gasteiger charge is 2.24. The third kappa shape index (κ3) is 4.82. The van der Waals surface area contributed by atoms with E-state index in [2.05, 4.69) is 144 Å². The topological polar surface area (TPSA) is 69.9 Å². The molecular formula is C55H30N4O2S. The lowest BCUT2D eigenvalue weighted by Crippen LogP contribution is -2.02. The quantitative estimate of drug-likeness (QED) is 0.177. The summed E-state index contributed by atoms with van der Waals surface area (Å²) < 4.78 is 18.0. The number of fused-ring (bicyclic) bond motifs is 13. The van der Waals surface area contributed by atoms with Crippen molar-refractivity contribution in [1.29, 1.82) is 0 Å². The van der Waals surface area contributed by atoms with E-state index in [4.69, 9.17) is 23.8 Å². The van der Waals surface area contributed by atoms with Crippen LogP contribution in [-0.2, 0) is 0 Å². The second-order valence-corrected chi connectivity index (χ2v) is 17.0. The molecule has 5 aromatic heterocycles. The van der Waals surface area contributed by atoms with Crippen LogP contribution in [0.3, 0.4) is 0 Å². The molecule has 14 rings (SSSR count). The lowest BCUT2D eigenvalue weighted by atomic mass is 10.0. The number of benzene rings is 9. The molecule has 0 saturated carbocycles. The molecular weight excluding hydrogens is 781 g/mol. The molecule has 0 radical (unpaired) electrons. The van der Waals surface area contributed by atoms with E-state index in [0.29, 0.717) is 17.5 Å². The highest BCUT2D eigenvalue weighted by Crippen LogP contribution is 2.44. The van der Waals surface area contributed by atoms with Gasteiger partial charge in [-0.25, -0.2) is 15.0 Å². The Bertz CT molecular complexity index is 4060. The Balaban J connectivity index is 1.11. The summed E-state index contributed by atoms with van der Waals surface area (Å²) in [5, 5.41) is 11.1. The largest absolute Gasteiger partial charge is 0.456 e. The molecule has 6 nitrogen and oxygen atoms in total. The van der Waals surface area contributed by atoms with Crippen molar-refractivity contribution in [2.75, 3.05) is 0 Å². The molecule has 14 aromatic rings. The van der Waals surface area contributed by atoms with Crippen molar-refractivity contribution in [3.8, 4) is 39.9 Å². The number of rotatable bonds is 4. The van der Waals surface area contributed by atoms with Crippen molar-refractivity contribution < 1.29 is 8.83 Å². The summed E-state index contributed by atoms with van der Waals surface area (Å²) in [7, 11) is 0. The number of hydrogen-bond acceptors (Lipinski definition) is 6. The molecule has 0 atom stereocenters. The number of furan rings is 2. The fourth-order valence-corrected chi connectivity index (χ4v) is 10.9. The summed E-state index contributed by atoms with van der Waals surface area (Å²) in [4.78, 5) is 16.2. The molecule has 0 unspecified atom stereocenters. The molecule has 0 bridgehead atoms. The average molecular weight is 811 g/mol. The Morgan fingerprint density at radius 1 is 0.371 bits per heavy atom. The van der Waals surface area contributed by atoms with Gasteiger partial charge in [-0.2, -0.15) is 0 Å². The van der Waals surface area contributed by atoms with Crippen LogP contribution in [0.1, 0.15) is 0 Å². The molecule has 5 heterocycles. The van der Waals surface area contributed by atoms with Crippen LogP contribution >= 0.6 is 11.3 Å². The van der Waals surface area contributed by atoms with Gasteiger partial charge in [-0.05, 0) is 71.4 Å². The molecule has 62 heavy (non-hydrogen) atoms. The summed E-state index contributed by atoms with van der Waals surface area (Å²) in [6.07, 6.45) is 0. The molecule has 0 fully saturated rings. The zero-order valence-electron chi connectivity index (χ0n) is 32.8. The van der Waals surface area contributed by atoms with Crippen LogP contribution in [0.25, 0.3) is 136 Å². The lowest BCUT2D eigenvalue weighted by Gasteiger charge is -2.14. The van der Waals surface area contributed by atoms with Crippen molar-refractivity contribution in [2.24, 2.45) is 0 Å². The number of aromatic nitrogens is 4. The minimum absolute atomic E-state index is 0.543. The van der Waals surface area contributed by atoms with Crippen LogP contribution in [0, 0.1) is 0 Å². The molecule has 288 valence electrons. The second-order valence-electron chi connectivity index (χ2n) is 15.9. The first kappa shape index (κ1) is 33.7. The van der Waals surface area contributed by atoms with Crippen molar-refractivity contribution in [2.45, 2.75) is 0 Å². The van der Waals surface area contributed by atoms with Gasteiger partial charge < -0.3 is 13.4 Å². The Labute approximate surface area is 356 Å². The molecule has 0 saturated heterocycles. The van der Waals surface area contributed by atoms with Crippen LogP contribution in [0.4, 0.5) is 0 Å². The normalized spacial score (nSPS) is 12.2. The van der Waals surface area contributed by atoms with Crippen LogP contribution in [0.2, 0.25) is 0 Å². The van der Waals surface area contributed by atoms with Crippen LogP contribution in [0.5, 0.6) is 0 Å². The highest BCUT2D eigenvalue weighted by atomic mass is 32.1. The lowest BCUT2D eigenvalue weighted by molar-refractivity contribution is 0.668. The van der Waals surface area contributed by atoms with Crippen LogP contribution in [0.15, 0.2) is 191 Å². The van der Waals surface area contributed by atoms with E-state index in [0.717, 1.165) is 82.7 Å². The van der Waals surface area contributed by atoms with E-state index in [-0.39, 0.29) is 0 Å². The van der Waals surface area contributed by atoms with Crippen molar-refractivity contribution in [3.63, 3.8) is 0 Å². The van der Waals surface area contributed by atoms with Gasteiger partial charge in [0.15, 0.2) is 17.5 Å². The van der Waals surface area contributed by atoms with Crippen molar-refractivity contribution >= 4 is 108 Å². The molecule has 0 amide bonds. The SMILES string of the molecule is c1ccc2cc3c(cc2c1)c1ccccc1n3-c1cc(-c2nc(-c3cccc4oc5ccccc5c34)nc(-c3cccc4sc5ccccc5c34)n2)cc2oc3ccccc3c12. The fourth-order valence-electron chi connectivity index (χ4n) is 9.72. The monoisotopic (exact) mass is 810 g/mol. The first-order valence-corrected chi connectivity index (χ1v) is 21.5. The smallest absolute Gasteiger partial charge is 0.164 e. The number of hydrogen-bond donors (Lipinski definition) is 0. The van der Waals surface area contributed by atoms with Crippen molar-refractivity contribution in [1.82, 2.24) is 19.5 Å². The van der Waals surface area contributed by atoms with E-state index in [1.807, 2.05) is 42.5 Å². The van der Waals surface area contributed by atoms with Crippen LogP contribution < -0.4 is 0 Å². The number of nitrogens with zero attached hydrogens (tertiary/aromatic N) is 4. The average Bonchev–Trinajstić information content (AvgIpc) is 4.09. The van der Waals surface area contributed by atoms with Gasteiger partial charge >= 0.3 is 0 Å². The summed E-state index contributed by atoms with van der Waals surface area (Å²) in [5.74, 6) is 1.70. The first-order valence-electron chi connectivity index (χ1n) is 20.7. The van der Waals surface area contributed by atoms with E-state index in [1.165, 1.54) is 36.3 Å². The molecule has 0 N–H and O–H groups in total. The maximum atomic E-state index is 6.77. The van der Waals surface area contributed by atoms with Gasteiger partial charge in [0, 0.05) is 63.8 Å². The molecule has 0 aliphatic rings. The summed E-state index contributed by atoms with van der Waals surface area (Å²) in [6.45, 7) is 0. The number of thiophene rings is 1. The van der Waals surface area contributed by atoms with Gasteiger partial charge in [-0.15, -0.1) is 11.3 Å². The van der Waals surface area contributed by atoms with Crippen LogP contribution in [-0.4, -0.2) is 19.5 Å². The third-order valence-electron chi connectivity index (χ3n) is 12.4. The highest BCUT2D eigenvalue weighted by molar-refractivity contribution is 7.25. The zero-order valence-corrected chi connectivity index (χ0v) is 33.7. The summed E-state index contributed by atoms with van der Waals surface area (Å²) >= 11 is 1.78. The predicted molar refractivity (Wildman–Crippen MR) is 255 cm³/mol. The van der Waals surface area contributed by atoms with Gasteiger partial charge in [0.25, 0.3) is 0 Å². The maximum absolute atomic E-state index is 6.77. The predicted octanol–water partition coefficient (Wildman–Crippen LogP) is 15.3. The van der Waals surface area contributed by atoms with Gasteiger partial charge in [-0.3, -0.25) is 0 Å². The van der Waals surface area contributed by atoms with E-state index >= 15 is 0 Å². The summed E-state index contributed by atoms with van der Waals surface area (Å²) in [6, 6.07) is 63.7. The van der Waals surface area contributed by atoms with Gasteiger partial charge in [0.1, 0.15) is 22.3 Å². The molecule has 0 aliphatic carbocycles. The molecule has 0 aliphatic heterocycles. The van der Waals surface area contributed by atoms with Gasteiger partial charge in [0.2, 0.25) is 0 Å². The zero-order chi connectivity index (χ0) is 40.5. The van der Waals surface area contributed by atoms with E-state index in [9.17, 15) is 0 Å². The molecule has 7 heteroatoms. The fraction of sp³-hybridized carbons (Fsp3) is 0. The minimum Gasteiger partial charge on any atom is -0.456 e. The maximum Gasteiger partial charge on any atom is 0.164 e.